The number of hydrogen-bond donors (Lipinski definition) is 3. The predicted octanol–water partition coefficient (Wildman–Crippen LogP) is 3.92. The number of aliphatic carboxylic acids is 1. The fourth-order valence-corrected chi connectivity index (χ4v) is 4.79. The quantitative estimate of drug-likeness (QED) is 0.593. The molecule has 2 aliphatic rings. The molecule has 1 atom stereocenters. The van der Waals surface area contributed by atoms with Crippen molar-refractivity contribution in [3.05, 3.63) is 59.7 Å². The zero-order chi connectivity index (χ0) is 23.4. The molecule has 0 radical (unpaired) electrons. The van der Waals surface area contributed by atoms with Gasteiger partial charge in [0.1, 0.15) is 6.61 Å². The summed E-state index contributed by atoms with van der Waals surface area (Å²) in [7, 11) is 0. The minimum Gasteiger partial charge on any atom is -0.481 e. The molecule has 0 spiro atoms. The third kappa shape index (κ3) is 5.18. The summed E-state index contributed by atoms with van der Waals surface area (Å²) in [6.07, 6.45) is 2.26. The molecule has 2 amide bonds. The van der Waals surface area contributed by atoms with E-state index in [0.29, 0.717) is 25.7 Å². The second kappa shape index (κ2) is 10.1. The van der Waals surface area contributed by atoms with Gasteiger partial charge in [0.05, 0.1) is 5.92 Å². The first-order chi connectivity index (χ1) is 15.9. The zero-order valence-electron chi connectivity index (χ0n) is 18.8. The Morgan fingerprint density at radius 3 is 2.12 bits per heavy atom. The summed E-state index contributed by atoms with van der Waals surface area (Å²) in [6, 6.07) is 16.4. The maximum Gasteiger partial charge on any atom is 0.407 e. The minimum atomic E-state index is -0.925. The van der Waals surface area contributed by atoms with Crippen LogP contribution in [0.1, 0.15) is 49.7 Å². The number of fused-ring (bicyclic) bond motifs is 3. The van der Waals surface area contributed by atoms with Crippen LogP contribution in [0, 0.1) is 11.8 Å². The number of carboxylic acids is 1. The third-order valence-corrected chi connectivity index (χ3v) is 6.77. The molecule has 33 heavy (non-hydrogen) atoms. The highest BCUT2D eigenvalue weighted by molar-refractivity contribution is 5.80. The molecule has 0 aliphatic heterocycles. The highest BCUT2D eigenvalue weighted by Gasteiger charge is 2.30. The molecule has 1 unspecified atom stereocenters. The average Bonchev–Trinajstić information content (AvgIpc) is 3.15. The van der Waals surface area contributed by atoms with Crippen molar-refractivity contribution in [1.29, 1.82) is 0 Å². The molecular weight excluding hydrogens is 420 g/mol. The first-order valence-electron chi connectivity index (χ1n) is 11.6. The molecule has 7 nitrogen and oxygen atoms in total. The van der Waals surface area contributed by atoms with Gasteiger partial charge in [-0.3, -0.25) is 9.59 Å². The Bertz CT molecular complexity index is 983. The molecule has 7 heteroatoms. The van der Waals surface area contributed by atoms with E-state index in [1.165, 1.54) is 22.3 Å². The van der Waals surface area contributed by atoms with Gasteiger partial charge in [0.25, 0.3) is 0 Å². The van der Waals surface area contributed by atoms with Gasteiger partial charge in [-0.15, -0.1) is 0 Å². The van der Waals surface area contributed by atoms with Gasteiger partial charge < -0.3 is 20.5 Å². The highest BCUT2D eigenvalue weighted by Crippen LogP contribution is 2.44. The molecule has 0 aromatic heterocycles. The van der Waals surface area contributed by atoms with Crippen LogP contribution in [0.15, 0.2) is 48.5 Å². The molecule has 0 saturated heterocycles. The molecule has 1 fully saturated rings. The molecule has 2 aromatic carbocycles. The normalized spacial score (nSPS) is 20.3. The Morgan fingerprint density at radius 2 is 1.55 bits per heavy atom. The van der Waals surface area contributed by atoms with Crippen molar-refractivity contribution in [2.24, 2.45) is 11.8 Å². The van der Waals surface area contributed by atoms with Crippen molar-refractivity contribution in [2.75, 3.05) is 13.2 Å². The van der Waals surface area contributed by atoms with Crippen LogP contribution in [0.5, 0.6) is 0 Å². The van der Waals surface area contributed by atoms with E-state index < -0.39 is 18.0 Å². The number of amides is 2. The van der Waals surface area contributed by atoms with E-state index in [4.69, 9.17) is 9.84 Å². The molecule has 3 N–H and O–H groups in total. The molecule has 0 bridgehead atoms. The van der Waals surface area contributed by atoms with Crippen LogP contribution in [0.25, 0.3) is 11.1 Å². The fraction of sp³-hybridized carbons (Fsp3) is 0.423. The van der Waals surface area contributed by atoms with Gasteiger partial charge in [-0.2, -0.15) is 0 Å². The summed E-state index contributed by atoms with van der Waals surface area (Å²) in [5.74, 6) is -1.77. The van der Waals surface area contributed by atoms with Gasteiger partial charge in [-0.1, -0.05) is 55.5 Å². The molecule has 2 aliphatic carbocycles. The number of hydrogen-bond acceptors (Lipinski definition) is 4. The third-order valence-electron chi connectivity index (χ3n) is 6.77. The van der Waals surface area contributed by atoms with Crippen LogP contribution in [-0.2, 0) is 14.3 Å². The average molecular weight is 451 g/mol. The minimum absolute atomic E-state index is 0.0239. The summed E-state index contributed by atoms with van der Waals surface area (Å²) in [5, 5.41) is 14.6. The Labute approximate surface area is 193 Å². The Balaban J connectivity index is 1.24. The van der Waals surface area contributed by atoms with E-state index >= 15 is 0 Å². The fourth-order valence-electron chi connectivity index (χ4n) is 4.79. The van der Waals surface area contributed by atoms with Crippen molar-refractivity contribution in [1.82, 2.24) is 10.6 Å². The van der Waals surface area contributed by atoms with Crippen LogP contribution >= 0.6 is 0 Å². The Kier molecular flexibility index (Phi) is 6.96. The summed E-state index contributed by atoms with van der Waals surface area (Å²) in [5.41, 5.74) is 4.73. The Morgan fingerprint density at radius 1 is 0.970 bits per heavy atom. The van der Waals surface area contributed by atoms with Gasteiger partial charge >= 0.3 is 12.1 Å². The number of rotatable bonds is 7. The van der Waals surface area contributed by atoms with Crippen LogP contribution < -0.4 is 10.6 Å². The summed E-state index contributed by atoms with van der Waals surface area (Å²) in [6.45, 7) is 1.98. The van der Waals surface area contributed by atoms with Gasteiger partial charge in [-0.05, 0) is 47.9 Å². The van der Waals surface area contributed by atoms with E-state index in [2.05, 4.69) is 34.9 Å². The molecule has 1 saturated carbocycles. The lowest BCUT2D eigenvalue weighted by Gasteiger charge is -2.28. The number of benzene rings is 2. The van der Waals surface area contributed by atoms with Gasteiger partial charge in [-0.25, -0.2) is 4.79 Å². The van der Waals surface area contributed by atoms with Gasteiger partial charge in [0.15, 0.2) is 0 Å². The van der Waals surface area contributed by atoms with E-state index in [-0.39, 0.29) is 36.9 Å². The van der Waals surface area contributed by atoms with E-state index in [0.717, 1.165) is 0 Å². The molecule has 174 valence electrons. The van der Waals surface area contributed by atoms with E-state index in [1.54, 1.807) is 6.92 Å². The van der Waals surface area contributed by atoms with Crippen LogP contribution in [0.2, 0.25) is 0 Å². The lowest BCUT2D eigenvalue weighted by atomic mass is 9.85. The largest absolute Gasteiger partial charge is 0.481 e. The standard InChI is InChI=1S/C26H30N2O5/c1-16(25(30)31)14-27-24(29)17-10-12-18(13-11-17)28-26(32)33-15-23-21-8-4-2-6-19(21)20-7-3-5-9-22(20)23/h2-9,16-18,23H,10-15H2,1H3,(H,27,29)(H,28,32)(H,30,31). The number of nitrogens with one attached hydrogen (secondary N) is 2. The topological polar surface area (TPSA) is 105 Å². The van der Waals surface area contributed by atoms with Crippen LogP contribution in [0.4, 0.5) is 4.79 Å². The second-order valence-corrected chi connectivity index (χ2v) is 9.00. The summed E-state index contributed by atoms with van der Waals surface area (Å²) in [4.78, 5) is 35.7. The number of alkyl carbamates (subject to hydrolysis) is 1. The van der Waals surface area contributed by atoms with Crippen molar-refractivity contribution in [2.45, 2.75) is 44.6 Å². The van der Waals surface area contributed by atoms with Gasteiger partial charge in [0, 0.05) is 24.4 Å². The molecule has 4 rings (SSSR count). The van der Waals surface area contributed by atoms with E-state index in [1.807, 2.05) is 24.3 Å². The first-order valence-corrected chi connectivity index (χ1v) is 11.6. The second-order valence-electron chi connectivity index (χ2n) is 9.00. The highest BCUT2D eigenvalue weighted by atomic mass is 16.5. The Hall–Kier alpha value is -3.35. The van der Waals surface area contributed by atoms with Crippen molar-refractivity contribution < 1.29 is 24.2 Å². The summed E-state index contributed by atoms with van der Waals surface area (Å²) < 4.78 is 5.62. The summed E-state index contributed by atoms with van der Waals surface area (Å²) >= 11 is 0. The van der Waals surface area contributed by atoms with Crippen molar-refractivity contribution in [3.8, 4) is 11.1 Å². The van der Waals surface area contributed by atoms with Crippen LogP contribution in [-0.4, -0.2) is 42.3 Å². The maximum absolute atomic E-state index is 12.5. The smallest absolute Gasteiger partial charge is 0.407 e. The molecular formula is C26H30N2O5. The maximum atomic E-state index is 12.5. The molecule has 0 heterocycles. The monoisotopic (exact) mass is 450 g/mol. The number of ether oxygens (including phenoxy) is 1. The zero-order valence-corrected chi connectivity index (χ0v) is 18.8. The van der Waals surface area contributed by atoms with E-state index in [9.17, 15) is 14.4 Å². The number of carbonyl (C=O) groups excluding carboxylic acids is 2. The first kappa shape index (κ1) is 22.8. The molecule has 2 aromatic rings. The predicted molar refractivity (Wildman–Crippen MR) is 124 cm³/mol. The van der Waals surface area contributed by atoms with Crippen molar-refractivity contribution >= 4 is 18.0 Å². The van der Waals surface area contributed by atoms with Gasteiger partial charge in [0.2, 0.25) is 5.91 Å². The lowest BCUT2D eigenvalue weighted by Crippen LogP contribution is -2.42. The number of carboxylic acid groups (broad SMARTS) is 1. The number of carbonyl (C=O) groups is 3. The van der Waals surface area contributed by atoms with Crippen LogP contribution in [0.3, 0.4) is 0 Å². The van der Waals surface area contributed by atoms with Crippen molar-refractivity contribution in [3.63, 3.8) is 0 Å². The SMILES string of the molecule is CC(CNC(=O)C1CCC(NC(=O)OCC2c3ccccc3-c3ccccc32)CC1)C(=O)O. The lowest BCUT2D eigenvalue weighted by molar-refractivity contribution is -0.141.